The van der Waals surface area contributed by atoms with Crippen molar-refractivity contribution in [2.75, 3.05) is 18.0 Å². The summed E-state index contributed by atoms with van der Waals surface area (Å²) in [4.78, 5) is 19.6. The normalized spacial score (nSPS) is 24.8. The molecule has 4 aliphatic rings. The average molecular weight is 417 g/mol. The molecule has 158 valence electrons. The number of anilines is 1. The second-order valence-corrected chi connectivity index (χ2v) is 9.17. The van der Waals surface area contributed by atoms with E-state index in [4.69, 9.17) is 0 Å². The lowest BCUT2D eigenvalue weighted by molar-refractivity contribution is 0.0930. The maximum absolute atomic E-state index is 13.2. The Morgan fingerprint density at radius 3 is 2.77 bits per heavy atom. The minimum absolute atomic E-state index is 0.146. The van der Waals surface area contributed by atoms with Gasteiger partial charge in [-0.3, -0.25) is 9.79 Å². The lowest BCUT2D eigenvalue weighted by Gasteiger charge is -2.35. The van der Waals surface area contributed by atoms with Crippen molar-refractivity contribution in [3.63, 3.8) is 0 Å². The van der Waals surface area contributed by atoms with E-state index in [1.807, 2.05) is 6.92 Å². The first kappa shape index (κ1) is 18.6. The van der Waals surface area contributed by atoms with Crippen molar-refractivity contribution in [1.29, 1.82) is 0 Å². The van der Waals surface area contributed by atoms with E-state index >= 15 is 0 Å². The van der Waals surface area contributed by atoms with Crippen molar-refractivity contribution >= 4 is 17.4 Å². The number of aliphatic imine (C=N–C) groups is 1. The van der Waals surface area contributed by atoms with Crippen LogP contribution >= 0.6 is 0 Å². The molecule has 2 aromatic rings. The van der Waals surface area contributed by atoms with Crippen LogP contribution in [0.3, 0.4) is 0 Å². The monoisotopic (exact) mass is 416 g/mol. The van der Waals surface area contributed by atoms with Crippen LogP contribution in [0.25, 0.3) is 0 Å². The summed E-state index contributed by atoms with van der Waals surface area (Å²) in [6.07, 6.45) is 5.23. The van der Waals surface area contributed by atoms with Gasteiger partial charge in [-0.25, -0.2) is 4.39 Å². The molecule has 6 rings (SSSR count). The third-order valence-corrected chi connectivity index (χ3v) is 7.03. The Balaban J connectivity index is 1.28. The molecular weight excluding hydrogens is 391 g/mol. The molecule has 0 saturated heterocycles. The van der Waals surface area contributed by atoms with Crippen LogP contribution in [0.5, 0.6) is 0 Å². The number of carbonyl (C=O) groups excluding carboxylic acids is 1. The lowest BCUT2D eigenvalue weighted by atomic mass is 9.94. The van der Waals surface area contributed by atoms with Gasteiger partial charge in [0.2, 0.25) is 0 Å². The molecule has 2 aliphatic heterocycles. The van der Waals surface area contributed by atoms with Crippen molar-refractivity contribution < 1.29 is 9.18 Å². The van der Waals surface area contributed by atoms with Gasteiger partial charge < -0.3 is 15.5 Å². The molecule has 2 saturated carbocycles. The zero-order valence-corrected chi connectivity index (χ0v) is 17.5. The Kier molecular flexibility index (Phi) is 4.01. The summed E-state index contributed by atoms with van der Waals surface area (Å²) in [6, 6.07) is 12.4. The fourth-order valence-corrected chi connectivity index (χ4v) is 5.01. The highest BCUT2D eigenvalue weighted by Gasteiger charge is 2.49. The van der Waals surface area contributed by atoms with Crippen molar-refractivity contribution in [1.82, 2.24) is 10.6 Å². The lowest BCUT2D eigenvalue weighted by Crippen LogP contribution is -2.39. The van der Waals surface area contributed by atoms with E-state index in [9.17, 15) is 9.18 Å². The molecule has 1 amide bonds. The van der Waals surface area contributed by atoms with Gasteiger partial charge in [0.25, 0.3) is 5.91 Å². The van der Waals surface area contributed by atoms with Crippen LogP contribution in [0.4, 0.5) is 10.1 Å². The number of rotatable bonds is 4. The van der Waals surface area contributed by atoms with Crippen LogP contribution in [0.2, 0.25) is 0 Å². The number of benzene rings is 2. The maximum Gasteiger partial charge on any atom is 0.251 e. The molecule has 0 bridgehead atoms. The van der Waals surface area contributed by atoms with Crippen molar-refractivity contribution in [3.8, 4) is 0 Å². The summed E-state index contributed by atoms with van der Waals surface area (Å²) in [6.45, 7) is 3.75. The zero-order valence-electron chi connectivity index (χ0n) is 17.5. The van der Waals surface area contributed by atoms with Gasteiger partial charge in [0.1, 0.15) is 11.6 Å². The summed E-state index contributed by atoms with van der Waals surface area (Å²) in [5.41, 5.74) is 4.01. The molecule has 2 aliphatic carbocycles. The number of amidine groups is 1. The smallest absolute Gasteiger partial charge is 0.251 e. The van der Waals surface area contributed by atoms with E-state index in [2.05, 4.69) is 44.8 Å². The SMILES string of the molecule is CC1=NCC=C(N2C[C@@H]3C[C@@H]3c3cc(C4(NC(=O)c5ccc(F)cc5)CC4)ccc32)N1. The molecule has 31 heavy (non-hydrogen) atoms. The average Bonchev–Trinajstić information content (AvgIpc) is 3.69. The number of hydrogen-bond donors (Lipinski definition) is 2. The highest BCUT2D eigenvalue weighted by atomic mass is 19.1. The molecule has 2 aromatic carbocycles. The van der Waals surface area contributed by atoms with Gasteiger partial charge >= 0.3 is 0 Å². The number of hydrogen-bond acceptors (Lipinski definition) is 4. The van der Waals surface area contributed by atoms with Crippen LogP contribution in [0.15, 0.2) is 59.4 Å². The summed E-state index contributed by atoms with van der Waals surface area (Å²) < 4.78 is 13.2. The summed E-state index contributed by atoms with van der Waals surface area (Å²) in [5, 5.41) is 6.65. The van der Waals surface area contributed by atoms with E-state index in [1.54, 1.807) is 0 Å². The maximum atomic E-state index is 13.2. The Morgan fingerprint density at radius 2 is 2.03 bits per heavy atom. The van der Waals surface area contributed by atoms with E-state index in [1.165, 1.54) is 47.5 Å². The topological polar surface area (TPSA) is 56.7 Å². The Hall–Kier alpha value is -3.15. The number of nitrogens with one attached hydrogen (secondary N) is 2. The fourth-order valence-electron chi connectivity index (χ4n) is 5.01. The first-order chi connectivity index (χ1) is 15.0. The second-order valence-electron chi connectivity index (χ2n) is 9.17. The summed E-state index contributed by atoms with van der Waals surface area (Å²) >= 11 is 0. The third kappa shape index (κ3) is 3.21. The third-order valence-electron chi connectivity index (χ3n) is 7.03. The van der Waals surface area contributed by atoms with Gasteiger partial charge in [0.05, 0.1) is 17.9 Å². The number of fused-ring (bicyclic) bond motifs is 3. The molecule has 0 aromatic heterocycles. The van der Waals surface area contributed by atoms with Crippen LogP contribution < -0.4 is 15.5 Å². The van der Waals surface area contributed by atoms with E-state index in [0.29, 0.717) is 23.9 Å². The quantitative estimate of drug-likeness (QED) is 0.791. The minimum atomic E-state index is -0.333. The van der Waals surface area contributed by atoms with Gasteiger partial charge in [-0.15, -0.1) is 0 Å². The van der Waals surface area contributed by atoms with Gasteiger partial charge in [-0.05, 0) is 85.6 Å². The second kappa shape index (κ2) is 6.67. The zero-order chi connectivity index (χ0) is 21.2. The Labute approximate surface area is 181 Å². The standard InChI is InChI=1S/C25H25FN4O/c1-15-27-11-8-23(28-15)30-14-17-12-20(17)21-13-18(4-7-22(21)30)25(9-10-25)29-24(31)16-2-5-19(26)6-3-16/h2-8,13,17,20H,9-12,14H2,1H3,(H,27,28)(H,29,31)/t17-,20-/m0/s1. The predicted octanol–water partition coefficient (Wildman–Crippen LogP) is 4.03. The van der Waals surface area contributed by atoms with Crippen LogP contribution in [0.1, 0.15) is 53.6 Å². The molecule has 5 nitrogen and oxygen atoms in total. The molecule has 0 radical (unpaired) electrons. The van der Waals surface area contributed by atoms with Crippen molar-refractivity contribution in [3.05, 3.63) is 76.9 Å². The molecule has 2 fully saturated rings. The highest BCUT2D eigenvalue weighted by Crippen LogP contribution is 2.57. The predicted molar refractivity (Wildman–Crippen MR) is 119 cm³/mol. The van der Waals surface area contributed by atoms with Crippen LogP contribution in [-0.4, -0.2) is 24.8 Å². The first-order valence-electron chi connectivity index (χ1n) is 11.0. The molecule has 0 unspecified atom stereocenters. The minimum Gasteiger partial charge on any atom is -0.343 e. The first-order valence-corrected chi connectivity index (χ1v) is 11.0. The summed E-state index contributed by atoms with van der Waals surface area (Å²) in [7, 11) is 0. The van der Waals surface area contributed by atoms with E-state index < -0.39 is 0 Å². The molecule has 0 spiro atoms. The Morgan fingerprint density at radius 1 is 1.23 bits per heavy atom. The molecule has 2 heterocycles. The molecule has 6 heteroatoms. The number of halogens is 1. The fraction of sp³-hybridized carbons (Fsp3) is 0.360. The molecule has 2 atom stereocenters. The van der Waals surface area contributed by atoms with Gasteiger partial charge in [-0.2, -0.15) is 0 Å². The van der Waals surface area contributed by atoms with Gasteiger partial charge in [0, 0.05) is 17.8 Å². The molecular formula is C25H25FN4O. The highest BCUT2D eigenvalue weighted by molar-refractivity contribution is 5.95. The van der Waals surface area contributed by atoms with Crippen molar-refractivity contribution in [2.45, 2.75) is 37.6 Å². The largest absolute Gasteiger partial charge is 0.343 e. The molecule has 2 N–H and O–H groups in total. The van der Waals surface area contributed by atoms with E-state index in [-0.39, 0.29) is 17.3 Å². The number of nitrogens with zero attached hydrogens (tertiary/aromatic N) is 2. The summed E-state index contributed by atoms with van der Waals surface area (Å²) in [5.74, 6) is 2.90. The van der Waals surface area contributed by atoms with Gasteiger partial charge in [0.15, 0.2) is 0 Å². The Bertz CT molecular complexity index is 1130. The van der Waals surface area contributed by atoms with E-state index in [0.717, 1.165) is 31.0 Å². The number of carbonyl (C=O) groups is 1. The van der Waals surface area contributed by atoms with Crippen molar-refractivity contribution in [2.24, 2.45) is 10.9 Å². The van der Waals surface area contributed by atoms with Crippen LogP contribution in [-0.2, 0) is 5.54 Å². The van der Waals surface area contributed by atoms with Gasteiger partial charge in [-0.1, -0.05) is 12.1 Å². The van der Waals surface area contributed by atoms with Crippen LogP contribution in [0, 0.1) is 11.7 Å². The number of amides is 1.